The third-order valence-corrected chi connectivity index (χ3v) is 8.20. The summed E-state index contributed by atoms with van der Waals surface area (Å²) in [6, 6.07) is -0.733. The Morgan fingerprint density at radius 2 is 1.14 bits per heavy atom. The van der Waals surface area contributed by atoms with Gasteiger partial charge in [-0.25, -0.2) is 0 Å². The van der Waals surface area contributed by atoms with Crippen molar-refractivity contribution in [3.63, 3.8) is 0 Å². The SMILES string of the molecule is CC/C=C/C/C=C/C/C=C/CCCCC(=O)OCC(COCCC(C(=O)[O-])[N+](C)(C)C)OC(=O)CCCCC/C=C/CCCCCCCC. The average molecular weight is 690 g/mol. The molecule has 8 nitrogen and oxygen atoms in total. The molecular weight excluding hydrogens is 618 g/mol. The van der Waals surface area contributed by atoms with E-state index in [1.807, 2.05) is 0 Å². The number of esters is 2. The molecule has 0 aromatic heterocycles. The van der Waals surface area contributed by atoms with E-state index in [-0.39, 0.29) is 42.7 Å². The quantitative estimate of drug-likeness (QED) is 0.0295. The van der Waals surface area contributed by atoms with Crippen LogP contribution in [0, 0.1) is 0 Å². The molecule has 0 aromatic carbocycles. The van der Waals surface area contributed by atoms with Gasteiger partial charge in [-0.1, -0.05) is 101 Å². The van der Waals surface area contributed by atoms with E-state index in [9.17, 15) is 19.5 Å². The van der Waals surface area contributed by atoms with Gasteiger partial charge in [0.2, 0.25) is 0 Å². The van der Waals surface area contributed by atoms with Crippen LogP contribution in [0.2, 0.25) is 0 Å². The van der Waals surface area contributed by atoms with Crippen LogP contribution in [-0.2, 0) is 28.6 Å². The number of likely N-dealkylation sites (N-methyl/N-ethyl adjacent to an activating group) is 1. The van der Waals surface area contributed by atoms with Gasteiger partial charge >= 0.3 is 11.9 Å². The van der Waals surface area contributed by atoms with Crippen molar-refractivity contribution in [3.05, 3.63) is 48.6 Å². The van der Waals surface area contributed by atoms with Crippen LogP contribution < -0.4 is 5.11 Å². The van der Waals surface area contributed by atoms with Crippen molar-refractivity contribution < 1.29 is 38.2 Å². The van der Waals surface area contributed by atoms with Gasteiger partial charge in [0, 0.05) is 19.3 Å². The number of carboxylic acid groups (broad SMARTS) is 1. The number of carbonyl (C=O) groups is 3. The molecule has 0 radical (unpaired) electrons. The molecule has 0 saturated heterocycles. The zero-order valence-corrected chi connectivity index (χ0v) is 31.8. The lowest BCUT2D eigenvalue weighted by molar-refractivity contribution is -0.889. The van der Waals surface area contributed by atoms with E-state index in [0.29, 0.717) is 19.3 Å². The molecule has 0 aromatic rings. The minimum absolute atomic E-state index is 0.0213. The second kappa shape index (κ2) is 32.5. The maximum absolute atomic E-state index is 12.6. The number of carboxylic acids is 1. The van der Waals surface area contributed by atoms with Crippen molar-refractivity contribution in [3.8, 4) is 0 Å². The maximum Gasteiger partial charge on any atom is 0.306 e. The second-order valence-electron chi connectivity index (χ2n) is 13.8. The number of nitrogens with zero attached hydrogens (tertiary/aromatic N) is 1. The van der Waals surface area contributed by atoms with Crippen LogP contribution in [0.4, 0.5) is 0 Å². The van der Waals surface area contributed by atoms with Gasteiger partial charge in [0.25, 0.3) is 0 Å². The molecule has 2 unspecified atom stereocenters. The smallest absolute Gasteiger partial charge is 0.306 e. The summed E-state index contributed by atoms with van der Waals surface area (Å²) in [5.74, 6) is -1.81. The molecule has 8 heteroatoms. The molecule has 0 amide bonds. The molecule has 0 bridgehead atoms. The molecule has 0 aliphatic carbocycles. The zero-order valence-electron chi connectivity index (χ0n) is 31.8. The third-order valence-electron chi connectivity index (χ3n) is 8.20. The lowest BCUT2D eigenvalue weighted by Gasteiger charge is -2.34. The van der Waals surface area contributed by atoms with Crippen molar-refractivity contribution in [1.29, 1.82) is 0 Å². The van der Waals surface area contributed by atoms with Crippen molar-refractivity contribution in [2.75, 3.05) is 41.0 Å². The van der Waals surface area contributed by atoms with Gasteiger partial charge in [0.1, 0.15) is 12.6 Å². The topological polar surface area (TPSA) is 102 Å². The highest BCUT2D eigenvalue weighted by Gasteiger charge is 2.25. The Morgan fingerprint density at radius 1 is 0.633 bits per heavy atom. The van der Waals surface area contributed by atoms with Gasteiger partial charge < -0.3 is 28.6 Å². The average Bonchev–Trinajstić information content (AvgIpc) is 3.05. The predicted octanol–water partition coefficient (Wildman–Crippen LogP) is 8.35. The van der Waals surface area contributed by atoms with Crippen molar-refractivity contribution >= 4 is 17.9 Å². The van der Waals surface area contributed by atoms with E-state index in [1.54, 1.807) is 21.1 Å². The third kappa shape index (κ3) is 31.0. The number of quaternary nitrogens is 1. The molecule has 49 heavy (non-hydrogen) atoms. The highest BCUT2D eigenvalue weighted by Crippen LogP contribution is 2.12. The first-order valence-corrected chi connectivity index (χ1v) is 19.2. The molecular formula is C41H71NO7. The Labute approximate surface area is 299 Å². The highest BCUT2D eigenvalue weighted by atomic mass is 16.6. The number of carbonyl (C=O) groups excluding carboxylic acids is 3. The summed E-state index contributed by atoms with van der Waals surface area (Å²) >= 11 is 0. The van der Waals surface area contributed by atoms with Crippen molar-refractivity contribution in [2.45, 2.75) is 154 Å². The Bertz CT molecular complexity index is 948. The van der Waals surface area contributed by atoms with Crippen LogP contribution in [0.3, 0.4) is 0 Å². The standard InChI is InChI=1S/C41H71NO7/c1-6-8-10-12-14-16-18-20-22-24-26-28-30-32-40(44)49-37(35-47-34-33-38(41(45)46)42(3,4)5)36-48-39(43)31-29-27-25-23-21-19-17-15-13-11-9-7-2/h9,11,15,17,20-23,37-38H,6-8,10,12-14,16,18-19,24-36H2,1-5H3/b11-9+,17-15+,22-20+,23-21+. The molecule has 0 rings (SSSR count). The normalized spacial score (nSPS) is 13.6. The molecule has 282 valence electrons. The van der Waals surface area contributed by atoms with Gasteiger partial charge in [-0.2, -0.15) is 0 Å². The van der Waals surface area contributed by atoms with Crippen LogP contribution in [0.1, 0.15) is 142 Å². The van der Waals surface area contributed by atoms with Crippen LogP contribution in [0.5, 0.6) is 0 Å². The van der Waals surface area contributed by atoms with Crippen LogP contribution in [-0.4, -0.2) is 75.5 Å². The molecule has 0 fully saturated rings. The molecule has 2 atom stereocenters. The van der Waals surface area contributed by atoms with Crippen LogP contribution in [0.15, 0.2) is 48.6 Å². The number of hydrogen-bond donors (Lipinski definition) is 0. The Hall–Kier alpha value is -2.71. The molecule has 0 heterocycles. The lowest BCUT2D eigenvalue weighted by Crippen LogP contribution is -2.55. The molecule has 0 spiro atoms. The summed E-state index contributed by atoms with van der Waals surface area (Å²) in [5, 5.41) is 11.6. The van der Waals surface area contributed by atoms with E-state index >= 15 is 0 Å². The van der Waals surface area contributed by atoms with E-state index < -0.39 is 18.1 Å². The van der Waals surface area contributed by atoms with Gasteiger partial charge in [-0.05, 0) is 70.6 Å². The molecule has 0 N–H and O–H groups in total. The first-order chi connectivity index (χ1) is 23.6. The van der Waals surface area contributed by atoms with E-state index in [2.05, 4.69) is 62.5 Å². The fourth-order valence-corrected chi connectivity index (χ4v) is 5.19. The number of ether oxygens (including phenoxy) is 3. The van der Waals surface area contributed by atoms with Crippen molar-refractivity contribution in [2.24, 2.45) is 0 Å². The van der Waals surface area contributed by atoms with Gasteiger partial charge in [-0.15, -0.1) is 0 Å². The number of aliphatic carboxylic acids is 1. The minimum atomic E-state index is -1.14. The summed E-state index contributed by atoms with van der Waals surface area (Å²) in [6.45, 7) is 4.45. The van der Waals surface area contributed by atoms with E-state index in [1.165, 1.54) is 38.5 Å². The summed E-state index contributed by atoms with van der Waals surface area (Å²) in [7, 11) is 5.37. The fourth-order valence-electron chi connectivity index (χ4n) is 5.19. The first kappa shape index (κ1) is 46.3. The summed E-state index contributed by atoms with van der Waals surface area (Å²) in [4.78, 5) is 36.6. The van der Waals surface area contributed by atoms with E-state index in [4.69, 9.17) is 14.2 Å². The predicted molar refractivity (Wildman–Crippen MR) is 199 cm³/mol. The van der Waals surface area contributed by atoms with E-state index in [0.717, 1.165) is 64.2 Å². The summed E-state index contributed by atoms with van der Waals surface area (Å²) in [6.07, 6.45) is 35.7. The van der Waals surface area contributed by atoms with Gasteiger partial charge in [0.15, 0.2) is 6.10 Å². The first-order valence-electron chi connectivity index (χ1n) is 19.2. The second-order valence-corrected chi connectivity index (χ2v) is 13.8. The lowest BCUT2D eigenvalue weighted by atomic mass is 10.1. The van der Waals surface area contributed by atoms with Crippen molar-refractivity contribution in [1.82, 2.24) is 0 Å². The monoisotopic (exact) mass is 690 g/mol. The number of allylic oxidation sites excluding steroid dienone is 8. The highest BCUT2D eigenvalue weighted by molar-refractivity contribution is 5.70. The molecule has 0 saturated carbocycles. The summed E-state index contributed by atoms with van der Waals surface area (Å²) in [5.41, 5.74) is 0. The maximum atomic E-state index is 12.6. The molecule has 0 aliphatic heterocycles. The fraction of sp³-hybridized carbons (Fsp3) is 0.732. The Kier molecular flexibility index (Phi) is 30.7. The summed E-state index contributed by atoms with van der Waals surface area (Å²) < 4.78 is 17.0. The largest absolute Gasteiger partial charge is 0.544 e. The van der Waals surface area contributed by atoms with Gasteiger partial charge in [-0.3, -0.25) is 9.59 Å². The molecule has 0 aliphatic rings. The zero-order chi connectivity index (χ0) is 36.4. The Morgan fingerprint density at radius 3 is 1.76 bits per heavy atom. The number of rotatable bonds is 33. The van der Waals surface area contributed by atoms with Gasteiger partial charge in [0.05, 0.1) is 40.3 Å². The number of hydrogen-bond acceptors (Lipinski definition) is 7. The Balaban J connectivity index is 4.52. The van der Waals surface area contributed by atoms with Crippen LogP contribution >= 0.6 is 0 Å². The number of unbranched alkanes of at least 4 members (excludes halogenated alkanes) is 11. The minimum Gasteiger partial charge on any atom is -0.544 e. The van der Waals surface area contributed by atoms with Crippen LogP contribution in [0.25, 0.3) is 0 Å².